The molecule has 5 heteroatoms. The normalized spacial score (nSPS) is 13.7. The summed E-state index contributed by atoms with van der Waals surface area (Å²) in [4.78, 5) is 22.6. The smallest absolute Gasteiger partial charge is 0.308 e. The molecule has 18 heavy (non-hydrogen) atoms. The molecule has 0 radical (unpaired) electrons. The Morgan fingerprint density at radius 2 is 1.94 bits per heavy atom. The molecule has 0 bridgehead atoms. The lowest BCUT2D eigenvalue weighted by Gasteiger charge is -2.17. The molecule has 0 fully saturated rings. The number of carboxylic acids is 1. The Morgan fingerprint density at radius 1 is 1.33 bits per heavy atom. The molecule has 0 aliphatic rings. The highest BCUT2D eigenvalue weighted by molar-refractivity contribution is 14.1. The van der Waals surface area contributed by atoms with Gasteiger partial charge in [-0.2, -0.15) is 0 Å². The lowest BCUT2D eigenvalue weighted by atomic mass is 10.0. The van der Waals surface area contributed by atoms with Crippen molar-refractivity contribution in [3.63, 3.8) is 0 Å². The standard InChI is InChI=1S/C13H16INO3/c1-8(13(17)18)9(2)15-12(16)7-10-5-3-4-6-11(10)14/h3-6,8-9H,7H2,1-2H3,(H,15,16)(H,17,18). The second-order valence-corrected chi connectivity index (χ2v) is 5.41. The summed E-state index contributed by atoms with van der Waals surface area (Å²) in [5, 5.41) is 11.6. The third kappa shape index (κ3) is 4.29. The van der Waals surface area contributed by atoms with Crippen LogP contribution in [-0.4, -0.2) is 23.0 Å². The van der Waals surface area contributed by atoms with Crippen LogP contribution in [0.4, 0.5) is 0 Å². The SMILES string of the molecule is CC(NC(=O)Cc1ccccc1I)C(C)C(=O)O. The molecule has 0 aromatic heterocycles. The minimum absolute atomic E-state index is 0.153. The van der Waals surface area contributed by atoms with Crippen LogP contribution < -0.4 is 5.32 Å². The van der Waals surface area contributed by atoms with E-state index >= 15 is 0 Å². The highest BCUT2D eigenvalue weighted by Crippen LogP contribution is 2.12. The maximum atomic E-state index is 11.8. The Balaban J connectivity index is 2.57. The zero-order valence-electron chi connectivity index (χ0n) is 10.3. The number of carboxylic acid groups (broad SMARTS) is 1. The maximum absolute atomic E-state index is 11.8. The van der Waals surface area contributed by atoms with Gasteiger partial charge in [-0.1, -0.05) is 18.2 Å². The van der Waals surface area contributed by atoms with Gasteiger partial charge in [-0.05, 0) is 48.1 Å². The number of rotatable bonds is 5. The molecular weight excluding hydrogens is 345 g/mol. The first-order valence-electron chi connectivity index (χ1n) is 5.67. The van der Waals surface area contributed by atoms with Gasteiger partial charge in [-0.25, -0.2) is 0 Å². The number of benzene rings is 1. The number of nitrogens with one attached hydrogen (secondary N) is 1. The molecule has 1 rings (SSSR count). The summed E-state index contributed by atoms with van der Waals surface area (Å²) in [5.74, 6) is -1.65. The minimum Gasteiger partial charge on any atom is -0.481 e. The number of amides is 1. The Morgan fingerprint density at radius 3 is 2.50 bits per heavy atom. The van der Waals surface area contributed by atoms with Gasteiger partial charge in [0.25, 0.3) is 0 Å². The highest BCUT2D eigenvalue weighted by atomic mass is 127. The highest BCUT2D eigenvalue weighted by Gasteiger charge is 2.21. The molecule has 0 saturated heterocycles. The molecule has 0 heterocycles. The number of hydrogen-bond donors (Lipinski definition) is 2. The molecule has 4 nitrogen and oxygen atoms in total. The lowest BCUT2D eigenvalue weighted by molar-refractivity contribution is -0.142. The molecule has 2 unspecified atom stereocenters. The zero-order valence-corrected chi connectivity index (χ0v) is 12.5. The number of halogens is 1. The van der Waals surface area contributed by atoms with Crippen molar-refractivity contribution in [3.05, 3.63) is 33.4 Å². The number of aliphatic carboxylic acids is 1. The molecule has 2 N–H and O–H groups in total. The van der Waals surface area contributed by atoms with Crippen LogP contribution >= 0.6 is 22.6 Å². The number of carbonyl (C=O) groups is 2. The van der Waals surface area contributed by atoms with Gasteiger partial charge in [-0.3, -0.25) is 9.59 Å². The van der Waals surface area contributed by atoms with E-state index in [9.17, 15) is 9.59 Å². The molecule has 0 aliphatic heterocycles. The van der Waals surface area contributed by atoms with E-state index in [1.54, 1.807) is 13.8 Å². The summed E-state index contributed by atoms with van der Waals surface area (Å²) in [6.07, 6.45) is 0.274. The first-order valence-corrected chi connectivity index (χ1v) is 6.75. The van der Waals surface area contributed by atoms with E-state index in [0.29, 0.717) is 0 Å². The van der Waals surface area contributed by atoms with Gasteiger partial charge < -0.3 is 10.4 Å². The fourth-order valence-corrected chi connectivity index (χ4v) is 2.04. The number of carbonyl (C=O) groups excluding carboxylic acids is 1. The molecule has 1 aromatic carbocycles. The van der Waals surface area contributed by atoms with Crippen molar-refractivity contribution in [2.24, 2.45) is 5.92 Å². The Bertz CT molecular complexity index is 448. The quantitative estimate of drug-likeness (QED) is 0.789. The van der Waals surface area contributed by atoms with Crippen LogP contribution in [0, 0.1) is 9.49 Å². The molecule has 0 saturated carbocycles. The van der Waals surface area contributed by atoms with Crippen molar-refractivity contribution >= 4 is 34.5 Å². The number of hydrogen-bond acceptors (Lipinski definition) is 2. The Hall–Kier alpha value is -1.11. The van der Waals surface area contributed by atoms with E-state index < -0.39 is 11.9 Å². The fourth-order valence-electron chi connectivity index (χ4n) is 1.46. The van der Waals surface area contributed by atoms with Crippen LogP contribution in [0.1, 0.15) is 19.4 Å². The van der Waals surface area contributed by atoms with Gasteiger partial charge in [0.2, 0.25) is 5.91 Å². The fraction of sp³-hybridized carbons (Fsp3) is 0.385. The van der Waals surface area contributed by atoms with Crippen molar-refractivity contribution in [3.8, 4) is 0 Å². The van der Waals surface area contributed by atoms with Gasteiger partial charge in [0.05, 0.1) is 12.3 Å². The molecular formula is C13H16INO3. The van der Waals surface area contributed by atoms with Crippen molar-refractivity contribution in [2.75, 3.05) is 0 Å². The monoisotopic (exact) mass is 361 g/mol. The van der Waals surface area contributed by atoms with Crippen molar-refractivity contribution in [2.45, 2.75) is 26.3 Å². The topological polar surface area (TPSA) is 66.4 Å². The first kappa shape index (κ1) is 14.9. The van der Waals surface area contributed by atoms with Crippen LogP contribution in [0.15, 0.2) is 24.3 Å². The second kappa shape index (κ2) is 6.72. The van der Waals surface area contributed by atoms with Gasteiger partial charge in [0.15, 0.2) is 0 Å². The Kier molecular flexibility index (Phi) is 5.58. The van der Waals surface area contributed by atoms with Crippen LogP contribution in [0.3, 0.4) is 0 Å². The van der Waals surface area contributed by atoms with Gasteiger partial charge in [0, 0.05) is 9.61 Å². The minimum atomic E-state index is -0.905. The summed E-state index contributed by atoms with van der Waals surface area (Å²) in [6, 6.07) is 7.25. The van der Waals surface area contributed by atoms with E-state index in [-0.39, 0.29) is 18.4 Å². The van der Waals surface area contributed by atoms with Crippen LogP contribution in [0.5, 0.6) is 0 Å². The van der Waals surface area contributed by atoms with E-state index in [4.69, 9.17) is 5.11 Å². The summed E-state index contributed by atoms with van der Waals surface area (Å²) in [7, 11) is 0. The zero-order chi connectivity index (χ0) is 13.7. The maximum Gasteiger partial charge on any atom is 0.308 e. The summed E-state index contributed by atoms with van der Waals surface area (Å²) in [6.45, 7) is 3.28. The molecule has 0 aliphatic carbocycles. The first-order chi connectivity index (χ1) is 8.41. The van der Waals surface area contributed by atoms with Crippen molar-refractivity contribution in [1.29, 1.82) is 0 Å². The predicted molar refractivity (Wildman–Crippen MR) is 77.3 cm³/mol. The Labute approximate surface area is 120 Å². The van der Waals surface area contributed by atoms with Gasteiger partial charge in [0.1, 0.15) is 0 Å². The second-order valence-electron chi connectivity index (χ2n) is 4.25. The third-order valence-electron chi connectivity index (χ3n) is 2.84. The molecule has 1 aromatic rings. The largest absolute Gasteiger partial charge is 0.481 e. The average molecular weight is 361 g/mol. The van der Waals surface area contributed by atoms with Crippen LogP contribution in [0.25, 0.3) is 0 Å². The summed E-state index contributed by atoms with van der Waals surface area (Å²) < 4.78 is 1.03. The van der Waals surface area contributed by atoms with E-state index in [1.165, 1.54) is 0 Å². The van der Waals surface area contributed by atoms with E-state index in [0.717, 1.165) is 9.13 Å². The predicted octanol–water partition coefficient (Wildman–Crippen LogP) is 2.06. The molecule has 0 spiro atoms. The average Bonchev–Trinajstić information content (AvgIpc) is 2.30. The third-order valence-corrected chi connectivity index (χ3v) is 3.89. The van der Waals surface area contributed by atoms with E-state index in [2.05, 4.69) is 27.9 Å². The molecule has 1 amide bonds. The van der Waals surface area contributed by atoms with Crippen molar-refractivity contribution < 1.29 is 14.7 Å². The summed E-state index contributed by atoms with van der Waals surface area (Å²) in [5.41, 5.74) is 0.950. The van der Waals surface area contributed by atoms with Crippen LogP contribution in [0.2, 0.25) is 0 Å². The molecule has 2 atom stereocenters. The van der Waals surface area contributed by atoms with Gasteiger partial charge in [-0.15, -0.1) is 0 Å². The molecule has 98 valence electrons. The van der Waals surface area contributed by atoms with Crippen molar-refractivity contribution in [1.82, 2.24) is 5.32 Å². The van der Waals surface area contributed by atoms with Crippen LogP contribution in [-0.2, 0) is 16.0 Å². The van der Waals surface area contributed by atoms with Gasteiger partial charge >= 0.3 is 5.97 Å². The summed E-state index contributed by atoms with van der Waals surface area (Å²) >= 11 is 2.18. The lowest BCUT2D eigenvalue weighted by Crippen LogP contribution is -2.40. The van der Waals surface area contributed by atoms with E-state index in [1.807, 2.05) is 24.3 Å².